The van der Waals surface area contributed by atoms with Crippen molar-refractivity contribution in [3.05, 3.63) is 65.4 Å². The van der Waals surface area contributed by atoms with E-state index >= 15 is 0 Å². The van der Waals surface area contributed by atoms with Crippen LogP contribution >= 0.6 is 0 Å². The molecule has 0 aliphatic rings. The highest BCUT2D eigenvalue weighted by Crippen LogP contribution is 2.19. The largest absolute Gasteiger partial charge is 0.497 e. The molecule has 134 valence electrons. The lowest BCUT2D eigenvalue weighted by molar-refractivity contribution is 0.414. The van der Waals surface area contributed by atoms with Crippen LogP contribution in [-0.2, 0) is 6.42 Å². The number of nitrogens with one attached hydrogen (secondary N) is 2. The highest BCUT2D eigenvalue weighted by Gasteiger charge is 2.04. The highest BCUT2D eigenvalue weighted by molar-refractivity contribution is 5.59. The van der Waals surface area contributed by atoms with Crippen LogP contribution < -0.4 is 15.4 Å². The zero-order valence-corrected chi connectivity index (χ0v) is 15.3. The maximum atomic E-state index is 5.17. The summed E-state index contributed by atoms with van der Waals surface area (Å²) in [6.07, 6.45) is 2.51. The summed E-state index contributed by atoms with van der Waals surface area (Å²) in [6, 6.07) is 14.3. The zero-order valence-electron chi connectivity index (χ0n) is 15.3. The van der Waals surface area contributed by atoms with Crippen LogP contribution in [0, 0.1) is 13.8 Å². The predicted molar refractivity (Wildman–Crippen MR) is 104 cm³/mol. The van der Waals surface area contributed by atoms with E-state index < -0.39 is 0 Å². The number of methoxy groups -OCH3 is 1. The van der Waals surface area contributed by atoms with E-state index in [9.17, 15) is 0 Å². The lowest BCUT2D eigenvalue weighted by Crippen LogP contribution is -2.09. The molecule has 0 spiro atoms. The molecule has 2 aromatic carbocycles. The number of aromatic nitrogens is 3. The molecule has 0 saturated carbocycles. The lowest BCUT2D eigenvalue weighted by Gasteiger charge is -2.10. The Morgan fingerprint density at radius 1 is 1.04 bits per heavy atom. The molecule has 6 heteroatoms. The summed E-state index contributed by atoms with van der Waals surface area (Å²) in [5.41, 5.74) is 4.58. The van der Waals surface area contributed by atoms with Crippen LogP contribution in [0.1, 0.15) is 16.7 Å². The van der Waals surface area contributed by atoms with Crippen LogP contribution in [0.2, 0.25) is 0 Å². The van der Waals surface area contributed by atoms with Gasteiger partial charge in [0.05, 0.1) is 13.3 Å². The molecule has 0 saturated heterocycles. The maximum absolute atomic E-state index is 5.17. The molecule has 1 heterocycles. The second kappa shape index (κ2) is 8.29. The van der Waals surface area contributed by atoms with Gasteiger partial charge in [0, 0.05) is 12.2 Å². The van der Waals surface area contributed by atoms with E-state index in [1.54, 1.807) is 13.3 Å². The average molecular weight is 349 g/mol. The Hall–Kier alpha value is -3.15. The third-order valence-electron chi connectivity index (χ3n) is 4.07. The monoisotopic (exact) mass is 349 g/mol. The molecule has 26 heavy (non-hydrogen) atoms. The van der Waals surface area contributed by atoms with Crippen molar-refractivity contribution >= 4 is 17.5 Å². The van der Waals surface area contributed by atoms with Crippen molar-refractivity contribution in [2.75, 3.05) is 24.3 Å². The minimum atomic E-state index is 0.478. The van der Waals surface area contributed by atoms with Crippen LogP contribution in [0.3, 0.4) is 0 Å². The van der Waals surface area contributed by atoms with Crippen LogP contribution in [0.15, 0.2) is 48.7 Å². The summed E-state index contributed by atoms with van der Waals surface area (Å²) in [6.45, 7) is 4.88. The molecule has 0 fully saturated rings. The van der Waals surface area contributed by atoms with Gasteiger partial charge in [0.2, 0.25) is 5.95 Å². The molecule has 2 N–H and O–H groups in total. The standard InChI is InChI=1S/C20H23N5O/c1-14-4-9-18(15(2)12-14)23-20-24-19(13-22-25-20)21-11-10-16-5-7-17(26-3)8-6-16/h4-9,12-13H,10-11H2,1-3H3,(H2,21,23,24,25). The topological polar surface area (TPSA) is 72.0 Å². The van der Waals surface area contributed by atoms with Crippen molar-refractivity contribution < 1.29 is 4.74 Å². The van der Waals surface area contributed by atoms with Crippen LogP contribution in [0.25, 0.3) is 0 Å². The number of rotatable bonds is 7. The van der Waals surface area contributed by atoms with E-state index in [-0.39, 0.29) is 0 Å². The first-order chi connectivity index (χ1) is 12.6. The van der Waals surface area contributed by atoms with E-state index in [0.717, 1.165) is 30.0 Å². The third-order valence-corrected chi connectivity index (χ3v) is 4.07. The molecule has 0 aliphatic carbocycles. The van der Waals surface area contributed by atoms with E-state index in [1.165, 1.54) is 11.1 Å². The molecule has 1 aromatic heterocycles. The Bertz CT molecular complexity index is 864. The van der Waals surface area contributed by atoms with Gasteiger partial charge in [0.15, 0.2) is 5.82 Å². The molecule has 6 nitrogen and oxygen atoms in total. The Labute approximate surface area is 153 Å². The minimum absolute atomic E-state index is 0.478. The van der Waals surface area contributed by atoms with E-state index in [4.69, 9.17) is 4.74 Å². The molecule has 0 bridgehead atoms. The quantitative estimate of drug-likeness (QED) is 0.674. The summed E-state index contributed by atoms with van der Waals surface area (Å²) >= 11 is 0. The fraction of sp³-hybridized carbons (Fsp3) is 0.250. The molecule has 0 radical (unpaired) electrons. The van der Waals surface area contributed by atoms with Crippen LogP contribution in [0.4, 0.5) is 17.5 Å². The normalized spacial score (nSPS) is 10.4. The predicted octanol–water partition coefficient (Wildman–Crippen LogP) is 3.90. The van der Waals surface area contributed by atoms with Gasteiger partial charge in [0.25, 0.3) is 0 Å². The van der Waals surface area contributed by atoms with Gasteiger partial charge in [-0.15, -0.1) is 5.10 Å². The van der Waals surface area contributed by atoms with Crippen LogP contribution in [0.5, 0.6) is 5.75 Å². The Morgan fingerprint density at radius 2 is 1.85 bits per heavy atom. The Kier molecular flexibility index (Phi) is 5.63. The second-order valence-corrected chi connectivity index (χ2v) is 6.13. The summed E-state index contributed by atoms with van der Waals surface area (Å²) in [4.78, 5) is 4.47. The van der Waals surface area contributed by atoms with Crippen molar-refractivity contribution in [2.24, 2.45) is 0 Å². The maximum Gasteiger partial charge on any atom is 0.249 e. The number of benzene rings is 2. The molecule has 3 rings (SSSR count). The second-order valence-electron chi connectivity index (χ2n) is 6.13. The summed E-state index contributed by atoms with van der Waals surface area (Å²) in [5.74, 6) is 2.04. The Morgan fingerprint density at radius 3 is 2.58 bits per heavy atom. The first kappa shape index (κ1) is 17.7. The van der Waals surface area contributed by atoms with E-state index in [1.807, 2.05) is 18.2 Å². The SMILES string of the molecule is COc1ccc(CCNc2cnnc(Nc3ccc(C)cc3C)n2)cc1. The molecular formula is C20H23N5O. The van der Waals surface area contributed by atoms with Gasteiger partial charge in [-0.2, -0.15) is 10.1 Å². The van der Waals surface area contributed by atoms with E-state index in [2.05, 4.69) is 63.9 Å². The number of ether oxygens (including phenoxy) is 1. The van der Waals surface area contributed by atoms with Gasteiger partial charge in [-0.3, -0.25) is 0 Å². The molecule has 0 atom stereocenters. The molecule has 3 aromatic rings. The summed E-state index contributed by atoms with van der Waals surface area (Å²) < 4.78 is 5.17. The first-order valence-electron chi connectivity index (χ1n) is 8.55. The van der Waals surface area contributed by atoms with Crippen molar-refractivity contribution in [2.45, 2.75) is 20.3 Å². The van der Waals surface area contributed by atoms with Gasteiger partial charge in [-0.25, -0.2) is 0 Å². The molecule has 0 amide bonds. The number of nitrogens with zero attached hydrogens (tertiary/aromatic N) is 3. The number of anilines is 3. The fourth-order valence-electron chi connectivity index (χ4n) is 2.64. The Balaban J connectivity index is 1.58. The summed E-state index contributed by atoms with van der Waals surface area (Å²) in [7, 11) is 1.67. The zero-order chi connectivity index (χ0) is 18.4. The molecular weight excluding hydrogens is 326 g/mol. The third kappa shape index (κ3) is 4.69. The van der Waals surface area contributed by atoms with Gasteiger partial charge in [-0.1, -0.05) is 29.8 Å². The lowest BCUT2D eigenvalue weighted by atomic mass is 10.1. The fourth-order valence-corrected chi connectivity index (χ4v) is 2.64. The summed E-state index contributed by atoms with van der Waals surface area (Å²) in [5, 5.41) is 14.6. The van der Waals surface area contributed by atoms with Gasteiger partial charge >= 0.3 is 0 Å². The molecule has 0 unspecified atom stereocenters. The first-order valence-corrected chi connectivity index (χ1v) is 8.55. The smallest absolute Gasteiger partial charge is 0.249 e. The van der Waals surface area contributed by atoms with Gasteiger partial charge < -0.3 is 15.4 Å². The van der Waals surface area contributed by atoms with Crippen molar-refractivity contribution in [3.63, 3.8) is 0 Å². The van der Waals surface area contributed by atoms with E-state index in [0.29, 0.717) is 11.8 Å². The van der Waals surface area contributed by atoms with Crippen LogP contribution in [-0.4, -0.2) is 28.8 Å². The molecule has 0 aliphatic heterocycles. The van der Waals surface area contributed by atoms with Crippen molar-refractivity contribution in [3.8, 4) is 5.75 Å². The van der Waals surface area contributed by atoms with Gasteiger partial charge in [0.1, 0.15) is 5.75 Å². The van der Waals surface area contributed by atoms with Crippen molar-refractivity contribution in [1.82, 2.24) is 15.2 Å². The number of hydrogen-bond acceptors (Lipinski definition) is 6. The van der Waals surface area contributed by atoms with Crippen molar-refractivity contribution in [1.29, 1.82) is 0 Å². The minimum Gasteiger partial charge on any atom is -0.497 e. The average Bonchev–Trinajstić information content (AvgIpc) is 2.65. The number of hydrogen-bond donors (Lipinski definition) is 2. The number of aryl methyl sites for hydroxylation is 2. The van der Waals surface area contributed by atoms with Gasteiger partial charge in [-0.05, 0) is 49.6 Å². The highest BCUT2D eigenvalue weighted by atomic mass is 16.5.